The zero-order valence-corrected chi connectivity index (χ0v) is 16.1. The van der Waals surface area contributed by atoms with Crippen molar-refractivity contribution in [2.24, 2.45) is 0 Å². The van der Waals surface area contributed by atoms with Crippen LogP contribution >= 0.6 is 23.2 Å². The molecule has 0 aliphatic heterocycles. The average Bonchev–Trinajstić information content (AvgIpc) is 2.44. The number of ether oxygens (including phenoxy) is 2. The molecular formula is C17H25Cl2NO5. The predicted octanol–water partition coefficient (Wildman–Crippen LogP) is 2.37. The van der Waals surface area contributed by atoms with Gasteiger partial charge in [0.2, 0.25) is 0 Å². The third kappa shape index (κ3) is 9.28. The molecule has 2 N–H and O–H groups in total. The van der Waals surface area contributed by atoms with Crippen LogP contribution in [0.25, 0.3) is 0 Å². The number of halogens is 2. The maximum atomic E-state index is 11.9. The first-order valence-electron chi connectivity index (χ1n) is 8.03. The standard InChI is InChI=1S/C17H25Cl2NO5/c1-11(21)7-20(8-12(2)22)9-13(3)25-17(23)10-24-16-5-4-14(18)6-15(16)19/h4-6,11-13,21-22H,7-10H2,1-3H3. The van der Waals surface area contributed by atoms with Crippen LogP contribution < -0.4 is 4.74 Å². The van der Waals surface area contributed by atoms with Crippen LogP contribution in [0.1, 0.15) is 20.8 Å². The Morgan fingerprint density at radius 1 is 1.12 bits per heavy atom. The molecule has 0 saturated heterocycles. The summed E-state index contributed by atoms with van der Waals surface area (Å²) in [6, 6.07) is 4.71. The van der Waals surface area contributed by atoms with Gasteiger partial charge in [0, 0.05) is 24.7 Å². The number of nitrogens with zero attached hydrogens (tertiary/aromatic N) is 1. The van der Waals surface area contributed by atoms with Crippen molar-refractivity contribution >= 4 is 29.2 Å². The van der Waals surface area contributed by atoms with Gasteiger partial charge in [0.15, 0.2) is 6.61 Å². The highest BCUT2D eigenvalue weighted by atomic mass is 35.5. The van der Waals surface area contributed by atoms with E-state index in [0.29, 0.717) is 35.4 Å². The maximum absolute atomic E-state index is 11.9. The van der Waals surface area contributed by atoms with Crippen molar-refractivity contribution < 1.29 is 24.5 Å². The number of carbonyl (C=O) groups is 1. The molecular weight excluding hydrogens is 369 g/mol. The first-order valence-corrected chi connectivity index (χ1v) is 8.78. The second-order valence-electron chi connectivity index (χ2n) is 6.08. The second kappa shape index (κ2) is 10.8. The Hall–Kier alpha value is -1.05. The van der Waals surface area contributed by atoms with E-state index in [2.05, 4.69) is 0 Å². The molecule has 1 rings (SSSR count). The third-order valence-corrected chi connectivity index (χ3v) is 3.66. The summed E-state index contributed by atoms with van der Waals surface area (Å²) in [6.07, 6.45) is -1.51. The zero-order valence-electron chi connectivity index (χ0n) is 14.6. The lowest BCUT2D eigenvalue weighted by Gasteiger charge is -2.27. The summed E-state index contributed by atoms with van der Waals surface area (Å²) in [7, 11) is 0. The van der Waals surface area contributed by atoms with Crippen molar-refractivity contribution in [1.82, 2.24) is 4.90 Å². The summed E-state index contributed by atoms with van der Waals surface area (Å²) in [5.74, 6) is -0.187. The van der Waals surface area contributed by atoms with Gasteiger partial charge in [0.05, 0.1) is 17.2 Å². The molecule has 25 heavy (non-hydrogen) atoms. The molecule has 0 aliphatic rings. The van der Waals surface area contributed by atoms with Gasteiger partial charge in [-0.15, -0.1) is 0 Å². The van der Waals surface area contributed by atoms with E-state index < -0.39 is 24.3 Å². The fourth-order valence-corrected chi connectivity index (χ4v) is 2.82. The lowest BCUT2D eigenvalue weighted by molar-refractivity contribution is -0.151. The highest BCUT2D eigenvalue weighted by molar-refractivity contribution is 6.35. The lowest BCUT2D eigenvalue weighted by atomic mass is 10.2. The highest BCUT2D eigenvalue weighted by Gasteiger charge is 2.18. The van der Waals surface area contributed by atoms with E-state index in [1.165, 1.54) is 6.07 Å². The van der Waals surface area contributed by atoms with Crippen molar-refractivity contribution in [3.05, 3.63) is 28.2 Å². The van der Waals surface area contributed by atoms with Crippen LogP contribution in [0.4, 0.5) is 0 Å². The van der Waals surface area contributed by atoms with Crippen molar-refractivity contribution in [2.45, 2.75) is 39.1 Å². The summed E-state index contributed by atoms with van der Waals surface area (Å²) in [6.45, 7) is 5.93. The Balaban J connectivity index is 2.46. The molecule has 1 aromatic rings. The molecule has 0 bridgehead atoms. The first kappa shape index (κ1) is 22.0. The van der Waals surface area contributed by atoms with Gasteiger partial charge in [-0.1, -0.05) is 23.2 Å². The summed E-state index contributed by atoms with van der Waals surface area (Å²) in [5.41, 5.74) is 0. The molecule has 8 heteroatoms. The number of hydrogen-bond acceptors (Lipinski definition) is 6. The molecule has 0 heterocycles. The molecule has 142 valence electrons. The van der Waals surface area contributed by atoms with E-state index in [1.807, 2.05) is 4.90 Å². The van der Waals surface area contributed by atoms with Crippen LogP contribution in [0.2, 0.25) is 10.0 Å². The van der Waals surface area contributed by atoms with Crippen LogP contribution in [-0.4, -0.2) is 65.6 Å². The predicted molar refractivity (Wildman–Crippen MR) is 97.3 cm³/mol. The van der Waals surface area contributed by atoms with Crippen LogP contribution in [-0.2, 0) is 9.53 Å². The molecule has 1 aromatic carbocycles. The number of aliphatic hydroxyl groups excluding tert-OH is 2. The van der Waals surface area contributed by atoms with Gasteiger partial charge < -0.3 is 19.7 Å². The Morgan fingerprint density at radius 3 is 2.24 bits per heavy atom. The van der Waals surface area contributed by atoms with Crippen LogP contribution in [0, 0.1) is 0 Å². The molecule has 0 saturated carbocycles. The van der Waals surface area contributed by atoms with Gasteiger partial charge in [0.25, 0.3) is 0 Å². The number of esters is 1. The van der Waals surface area contributed by atoms with Gasteiger partial charge in [0.1, 0.15) is 11.9 Å². The van der Waals surface area contributed by atoms with E-state index >= 15 is 0 Å². The summed E-state index contributed by atoms with van der Waals surface area (Å²) in [4.78, 5) is 13.7. The Labute approximate surface area is 158 Å². The number of aliphatic hydroxyl groups is 2. The fraction of sp³-hybridized carbons (Fsp3) is 0.588. The van der Waals surface area contributed by atoms with E-state index in [-0.39, 0.29) is 6.61 Å². The number of rotatable bonds is 10. The lowest BCUT2D eigenvalue weighted by Crippen LogP contribution is -2.41. The molecule has 0 spiro atoms. The van der Waals surface area contributed by atoms with E-state index in [1.54, 1.807) is 32.9 Å². The molecule has 0 fully saturated rings. The topological polar surface area (TPSA) is 79.2 Å². The third-order valence-electron chi connectivity index (χ3n) is 3.13. The normalized spacial score (nSPS) is 14.9. The molecule has 0 aliphatic carbocycles. The second-order valence-corrected chi connectivity index (χ2v) is 6.92. The number of carbonyl (C=O) groups excluding carboxylic acids is 1. The van der Waals surface area contributed by atoms with Gasteiger partial charge in [-0.3, -0.25) is 4.90 Å². The Morgan fingerprint density at radius 2 is 1.72 bits per heavy atom. The molecule has 0 aromatic heterocycles. The fourth-order valence-electron chi connectivity index (χ4n) is 2.36. The van der Waals surface area contributed by atoms with Crippen LogP contribution in [0.15, 0.2) is 18.2 Å². The quantitative estimate of drug-likeness (QED) is 0.594. The van der Waals surface area contributed by atoms with Crippen molar-refractivity contribution in [2.75, 3.05) is 26.2 Å². The maximum Gasteiger partial charge on any atom is 0.344 e. The van der Waals surface area contributed by atoms with Gasteiger partial charge >= 0.3 is 5.97 Å². The smallest absolute Gasteiger partial charge is 0.344 e. The monoisotopic (exact) mass is 393 g/mol. The minimum atomic E-state index is -0.544. The highest BCUT2D eigenvalue weighted by Crippen LogP contribution is 2.27. The molecule has 0 amide bonds. The SMILES string of the molecule is CC(O)CN(CC(C)O)CC(C)OC(=O)COc1ccc(Cl)cc1Cl. The number of benzene rings is 1. The number of hydrogen-bond donors (Lipinski definition) is 2. The van der Waals surface area contributed by atoms with Gasteiger partial charge in [-0.2, -0.15) is 0 Å². The van der Waals surface area contributed by atoms with Gasteiger partial charge in [-0.25, -0.2) is 4.79 Å². The molecule has 3 unspecified atom stereocenters. The van der Waals surface area contributed by atoms with E-state index in [0.717, 1.165) is 0 Å². The summed E-state index contributed by atoms with van der Waals surface area (Å²) in [5, 5.41) is 19.8. The van der Waals surface area contributed by atoms with E-state index in [4.69, 9.17) is 32.7 Å². The van der Waals surface area contributed by atoms with Gasteiger partial charge in [-0.05, 0) is 39.0 Å². The molecule has 6 nitrogen and oxygen atoms in total. The van der Waals surface area contributed by atoms with Crippen LogP contribution in [0.3, 0.4) is 0 Å². The minimum absolute atomic E-state index is 0.279. The Kier molecular flexibility index (Phi) is 9.53. The van der Waals surface area contributed by atoms with Crippen molar-refractivity contribution in [3.8, 4) is 5.75 Å². The van der Waals surface area contributed by atoms with E-state index in [9.17, 15) is 15.0 Å². The van der Waals surface area contributed by atoms with Crippen molar-refractivity contribution in [3.63, 3.8) is 0 Å². The first-order chi connectivity index (χ1) is 11.7. The Bertz CT molecular complexity index is 544. The summed E-state index contributed by atoms with van der Waals surface area (Å²) >= 11 is 11.8. The zero-order chi connectivity index (χ0) is 19.0. The largest absolute Gasteiger partial charge is 0.480 e. The van der Waals surface area contributed by atoms with Crippen molar-refractivity contribution in [1.29, 1.82) is 0 Å². The average molecular weight is 394 g/mol. The minimum Gasteiger partial charge on any atom is -0.480 e. The molecule has 3 atom stereocenters. The molecule has 0 radical (unpaired) electrons. The summed E-state index contributed by atoms with van der Waals surface area (Å²) < 4.78 is 10.6. The van der Waals surface area contributed by atoms with Crippen LogP contribution in [0.5, 0.6) is 5.75 Å².